The van der Waals surface area contributed by atoms with Crippen LogP contribution in [0.2, 0.25) is 0 Å². The van der Waals surface area contributed by atoms with E-state index in [1.165, 1.54) is 0 Å². The van der Waals surface area contributed by atoms with Crippen molar-refractivity contribution in [2.45, 2.75) is 6.55 Å². The number of esters is 1. The number of alkyl halides is 2. The maximum absolute atomic E-state index is 11.9. The Bertz CT molecular complexity index is 286. The summed E-state index contributed by atoms with van der Waals surface area (Å²) in [4.78, 5) is 13.9. The molecule has 0 unspecified atom stereocenters. The maximum Gasteiger partial charge on any atom is 0.377 e. The predicted molar refractivity (Wildman–Crippen MR) is 32.6 cm³/mol. The van der Waals surface area contributed by atoms with Gasteiger partial charge >= 0.3 is 12.5 Å². The van der Waals surface area contributed by atoms with Crippen molar-refractivity contribution in [3.05, 3.63) is 12.2 Å². The lowest BCUT2D eigenvalue weighted by molar-refractivity contribution is 0.0521. The number of hydrogen-bond acceptors (Lipinski definition) is 4. The summed E-state index contributed by atoms with van der Waals surface area (Å²) >= 11 is 0. The molecule has 1 aromatic heterocycles. The van der Waals surface area contributed by atoms with Crippen LogP contribution in [-0.2, 0) is 4.74 Å². The second-order valence-electron chi connectivity index (χ2n) is 1.82. The minimum absolute atomic E-state index is 0.270. The van der Waals surface area contributed by atoms with Crippen molar-refractivity contribution in [2.24, 2.45) is 0 Å². The summed E-state index contributed by atoms with van der Waals surface area (Å²) in [6.07, 6.45) is 0.761. The molecule has 1 rings (SSSR count). The standard InChI is InChI=1S/C5H5F2N3O2/c1-12-4(11)3-8-2-10(9-3)5(6)7/h2,5H,1H3. The first-order valence-electron chi connectivity index (χ1n) is 2.92. The summed E-state index contributed by atoms with van der Waals surface area (Å²) < 4.78 is 28.2. The third-order valence-electron chi connectivity index (χ3n) is 1.08. The van der Waals surface area contributed by atoms with E-state index in [2.05, 4.69) is 14.8 Å². The number of rotatable bonds is 2. The first kappa shape index (κ1) is 8.57. The fraction of sp³-hybridized carbons (Fsp3) is 0.400. The Kier molecular flexibility index (Phi) is 2.32. The second-order valence-corrected chi connectivity index (χ2v) is 1.82. The molecule has 66 valence electrons. The summed E-state index contributed by atoms with van der Waals surface area (Å²) in [5, 5.41) is 3.16. The maximum atomic E-state index is 11.9. The van der Waals surface area contributed by atoms with Crippen LogP contribution in [0.1, 0.15) is 17.2 Å². The molecule has 1 heterocycles. The molecule has 0 amide bonds. The number of nitrogens with zero attached hydrogens (tertiary/aromatic N) is 3. The summed E-state index contributed by atoms with van der Waals surface area (Å²) in [6.45, 7) is -2.80. The molecule has 0 saturated carbocycles. The van der Waals surface area contributed by atoms with Gasteiger partial charge in [0.2, 0.25) is 0 Å². The highest BCUT2D eigenvalue weighted by atomic mass is 19.3. The number of aromatic nitrogens is 3. The fourth-order valence-electron chi connectivity index (χ4n) is 0.554. The predicted octanol–water partition coefficient (Wildman–Crippen LogP) is 0.460. The van der Waals surface area contributed by atoms with Crippen molar-refractivity contribution in [3.63, 3.8) is 0 Å². The van der Waals surface area contributed by atoms with E-state index in [1.807, 2.05) is 0 Å². The van der Waals surface area contributed by atoms with Gasteiger partial charge in [-0.25, -0.2) is 9.78 Å². The first-order valence-corrected chi connectivity index (χ1v) is 2.92. The Balaban J connectivity index is 2.84. The van der Waals surface area contributed by atoms with E-state index in [4.69, 9.17) is 0 Å². The zero-order valence-electron chi connectivity index (χ0n) is 6.07. The van der Waals surface area contributed by atoms with Gasteiger partial charge in [-0.3, -0.25) is 0 Å². The van der Waals surface area contributed by atoms with Gasteiger partial charge in [0.15, 0.2) is 0 Å². The van der Waals surface area contributed by atoms with E-state index in [0.29, 0.717) is 0 Å². The van der Waals surface area contributed by atoms with E-state index in [9.17, 15) is 13.6 Å². The number of methoxy groups -OCH3 is 1. The van der Waals surface area contributed by atoms with Gasteiger partial charge in [0, 0.05) is 0 Å². The van der Waals surface area contributed by atoms with Gasteiger partial charge in [0.1, 0.15) is 6.33 Å². The second kappa shape index (κ2) is 3.24. The lowest BCUT2D eigenvalue weighted by atomic mass is 10.6. The Morgan fingerprint density at radius 2 is 2.42 bits per heavy atom. The molecule has 0 aliphatic carbocycles. The van der Waals surface area contributed by atoms with Crippen molar-refractivity contribution in [3.8, 4) is 0 Å². The molecule has 0 N–H and O–H groups in total. The zero-order chi connectivity index (χ0) is 9.14. The van der Waals surface area contributed by atoms with Crippen LogP contribution in [0, 0.1) is 0 Å². The Labute approximate surface area is 66.0 Å². The van der Waals surface area contributed by atoms with Crippen LogP contribution in [0.15, 0.2) is 6.33 Å². The molecule has 0 bridgehead atoms. The largest absolute Gasteiger partial charge is 0.463 e. The number of carbonyl (C=O) groups is 1. The molecule has 1 aromatic rings. The Morgan fingerprint density at radius 3 is 2.83 bits per heavy atom. The highest BCUT2D eigenvalue weighted by Crippen LogP contribution is 2.06. The van der Waals surface area contributed by atoms with Gasteiger partial charge in [-0.05, 0) is 0 Å². The van der Waals surface area contributed by atoms with Gasteiger partial charge in [-0.1, -0.05) is 0 Å². The average molecular weight is 177 g/mol. The molecule has 0 saturated heterocycles. The van der Waals surface area contributed by atoms with E-state index in [0.717, 1.165) is 13.4 Å². The highest BCUT2D eigenvalue weighted by molar-refractivity contribution is 5.84. The first-order chi connectivity index (χ1) is 5.65. The van der Waals surface area contributed by atoms with Crippen LogP contribution in [0.5, 0.6) is 0 Å². The monoisotopic (exact) mass is 177 g/mol. The molecule has 0 fully saturated rings. The van der Waals surface area contributed by atoms with Gasteiger partial charge in [0.05, 0.1) is 7.11 Å². The van der Waals surface area contributed by atoms with Crippen LogP contribution >= 0.6 is 0 Å². The van der Waals surface area contributed by atoms with Crippen molar-refractivity contribution < 1.29 is 18.3 Å². The van der Waals surface area contributed by atoms with Crippen molar-refractivity contribution in [1.82, 2.24) is 14.8 Å². The number of hydrogen-bond donors (Lipinski definition) is 0. The lowest BCUT2D eigenvalue weighted by Gasteiger charge is -1.94. The molecule has 0 aliphatic heterocycles. The van der Waals surface area contributed by atoms with E-state index >= 15 is 0 Å². The smallest absolute Gasteiger partial charge is 0.377 e. The van der Waals surface area contributed by atoms with Gasteiger partial charge < -0.3 is 4.74 Å². The molecule has 7 heteroatoms. The topological polar surface area (TPSA) is 57.0 Å². The quantitative estimate of drug-likeness (QED) is 0.616. The van der Waals surface area contributed by atoms with Crippen LogP contribution in [-0.4, -0.2) is 27.8 Å². The normalized spacial score (nSPS) is 10.3. The molecular weight excluding hydrogens is 172 g/mol. The molecule has 5 nitrogen and oxygen atoms in total. The summed E-state index contributed by atoms with van der Waals surface area (Å²) in [7, 11) is 1.12. The molecule has 0 radical (unpaired) electrons. The van der Waals surface area contributed by atoms with Crippen LogP contribution in [0.25, 0.3) is 0 Å². The molecule has 0 aliphatic rings. The van der Waals surface area contributed by atoms with Crippen molar-refractivity contribution >= 4 is 5.97 Å². The number of halogens is 2. The molecular formula is C5H5F2N3O2. The van der Waals surface area contributed by atoms with E-state index in [-0.39, 0.29) is 10.5 Å². The minimum atomic E-state index is -2.80. The molecule has 0 atom stereocenters. The summed E-state index contributed by atoms with van der Waals surface area (Å²) in [6, 6.07) is 0. The summed E-state index contributed by atoms with van der Waals surface area (Å²) in [5.41, 5.74) is 0. The third-order valence-corrected chi connectivity index (χ3v) is 1.08. The average Bonchev–Trinajstić information content (AvgIpc) is 2.51. The summed E-state index contributed by atoms with van der Waals surface area (Å²) in [5.74, 6) is -1.22. The molecule has 12 heavy (non-hydrogen) atoms. The number of carbonyl (C=O) groups excluding carboxylic acids is 1. The number of ether oxygens (including phenoxy) is 1. The van der Waals surface area contributed by atoms with Crippen LogP contribution < -0.4 is 0 Å². The Hall–Kier alpha value is -1.53. The Morgan fingerprint density at radius 1 is 1.75 bits per heavy atom. The van der Waals surface area contributed by atoms with E-state index in [1.54, 1.807) is 0 Å². The van der Waals surface area contributed by atoms with Crippen LogP contribution in [0.4, 0.5) is 8.78 Å². The zero-order valence-corrected chi connectivity index (χ0v) is 6.07. The fourth-order valence-corrected chi connectivity index (χ4v) is 0.554. The van der Waals surface area contributed by atoms with Gasteiger partial charge in [-0.2, -0.15) is 13.5 Å². The molecule has 0 aromatic carbocycles. The molecule has 0 spiro atoms. The van der Waals surface area contributed by atoms with Crippen molar-refractivity contribution in [2.75, 3.05) is 7.11 Å². The minimum Gasteiger partial charge on any atom is -0.463 e. The van der Waals surface area contributed by atoms with Crippen LogP contribution in [0.3, 0.4) is 0 Å². The SMILES string of the molecule is COC(=O)c1ncn(C(F)F)n1. The van der Waals surface area contributed by atoms with Crippen molar-refractivity contribution in [1.29, 1.82) is 0 Å². The lowest BCUT2D eigenvalue weighted by Crippen LogP contribution is -2.06. The third kappa shape index (κ3) is 1.55. The highest BCUT2D eigenvalue weighted by Gasteiger charge is 2.14. The van der Waals surface area contributed by atoms with E-state index < -0.39 is 12.5 Å². The van der Waals surface area contributed by atoms with Gasteiger partial charge in [-0.15, -0.1) is 5.10 Å². The van der Waals surface area contributed by atoms with Gasteiger partial charge in [0.25, 0.3) is 5.82 Å².